The van der Waals surface area contributed by atoms with E-state index in [0.717, 1.165) is 6.42 Å². The molecule has 0 aromatic carbocycles. The molecule has 1 saturated carbocycles. The summed E-state index contributed by atoms with van der Waals surface area (Å²) in [6, 6.07) is 0. The number of carbonyl (C=O) groups is 2. The van der Waals surface area contributed by atoms with Crippen LogP contribution in [0.3, 0.4) is 0 Å². The number of carbonyl (C=O) groups excluding carboxylic acids is 1. The van der Waals surface area contributed by atoms with Gasteiger partial charge in [-0.3, -0.25) is 9.59 Å². The molecule has 4 heteroatoms. The van der Waals surface area contributed by atoms with Gasteiger partial charge in [-0.1, -0.05) is 6.42 Å². The highest BCUT2D eigenvalue weighted by atomic mass is 16.4. The Kier molecular flexibility index (Phi) is 2.68. The van der Waals surface area contributed by atoms with Crippen molar-refractivity contribution in [3.05, 3.63) is 0 Å². The molecule has 12 heavy (non-hydrogen) atoms. The second-order valence-corrected chi connectivity index (χ2v) is 3.10. The van der Waals surface area contributed by atoms with Crippen molar-refractivity contribution in [3.8, 4) is 0 Å². The van der Waals surface area contributed by atoms with Crippen LogP contribution in [0, 0.1) is 11.8 Å². The first kappa shape index (κ1) is 9.03. The van der Waals surface area contributed by atoms with Crippen LogP contribution in [-0.4, -0.2) is 24.0 Å². The molecular weight excluding hydrogens is 158 g/mol. The molecule has 1 aliphatic carbocycles. The highest BCUT2D eigenvalue weighted by molar-refractivity contribution is 5.84. The van der Waals surface area contributed by atoms with Crippen LogP contribution in [0.5, 0.6) is 0 Å². The number of carboxylic acid groups (broad SMARTS) is 1. The van der Waals surface area contributed by atoms with Crippen LogP contribution in [0.1, 0.15) is 19.3 Å². The van der Waals surface area contributed by atoms with Crippen molar-refractivity contribution in [1.82, 2.24) is 5.32 Å². The summed E-state index contributed by atoms with van der Waals surface area (Å²) < 4.78 is 0. The Bertz CT molecular complexity index is 202. The van der Waals surface area contributed by atoms with Gasteiger partial charge in [-0.15, -0.1) is 0 Å². The van der Waals surface area contributed by atoms with Gasteiger partial charge in [0.25, 0.3) is 0 Å². The lowest BCUT2D eigenvalue weighted by molar-refractivity contribution is -0.146. The highest BCUT2D eigenvalue weighted by Crippen LogP contribution is 2.31. The van der Waals surface area contributed by atoms with Crippen molar-refractivity contribution in [2.75, 3.05) is 7.05 Å². The lowest BCUT2D eigenvalue weighted by Crippen LogP contribution is -2.32. The van der Waals surface area contributed by atoms with Gasteiger partial charge in [0.1, 0.15) is 0 Å². The molecule has 0 aromatic heterocycles. The molecule has 1 fully saturated rings. The third kappa shape index (κ3) is 1.57. The van der Waals surface area contributed by atoms with Crippen LogP contribution < -0.4 is 5.32 Å². The fraction of sp³-hybridized carbons (Fsp3) is 0.750. The minimum atomic E-state index is -0.846. The minimum absolute atomic E-state index is 0.139. The Morgan fingerprint density at radius 3 is 2.42 bits per heavy atom. The van der Waals surface area contributed by atoms with Crippen molar-refractivity contribution < 1.29 is 14.7 Å². The molecule has 1 amide bonds. The lowest BCUT2D eigenvalue weighted by Gasteiger charge is -2.12. The lowest BCUT2D eigenvalue weighted by atomic mass is 9.95. The van der Waals surface area contributed by atoms with E-state index >= 15 is 0 Å². The molecule has 0 spiro atoms. The SMILES string of the molecule is CNC(=O)C1CCCC1C(=O)O. The molecule has 0 radical (unpaired) electrons. The zero-order valence-corrected chi connectivity index (χ0v) is 7.04. The molecule has 0 bridgehead atoms. The summed E-state index contributed by atoms with van der Waals surface area (Å²) in [5, 5.41) is 11.2. The number of rotatable bonds is 2. The summed E-state index contributed by atoms with van der Waals surface area (Å²) in [4.78, 5) is 21.8. The standard InChI is InChI=1S/C8H13NO3/c1-9-7(10)5-3-2-4-6(5)8(11)12/h5-6H,2-4H2,1H3,(H,9,10)(H,11,12). The molecule has 68 valence electrons. The van der Waals surface area contributed by atoms with Crippen LogP contribution in [0.2, 0.25) is 0 Å². The Hall–Kier alpha value is -1.06. The maximum atomic E-state index is 11.2. The Morgan fingerprint density at radius 2 is 1.92 bits per heavy atom. The van der Waals surface area contributed by atoms with Crippen LogP contribution in [-0.2, 0) is 9.59 Å². The smallest absolute Gasteiger partial charge is 0.307 e. The molecule has 4 nitrogen and oxygen atoms in total. The summed E-state index contributed by atoms with van der Waals surface area (Å²) in [5.74, 6) is -1.77. The second-order valence-electron chi connectivity index (χ2n) is 3.10. The molecule has 0 heterocycles. The maximum Gasteiger partial charge on any atom is 0.307 e. The largest absolute Gasteiger partial charge is 0.481 e. The van der Waals surface area contributed by atoms with E-state index in [-0.39, 0.29) is 11.8 Å². The quantitative estimate of drug-likeness (QED) is 0.625. The van der Waals surface area contributed by atoms with Gasteiger partial charge in [-0.2, -0.15) is 0 Å². The maximum absolute atomic E-state index is 11.2. The summed E-state index contributed by atoms with van der Waals surface area (Å²) in [7, 11) is 1.54. The summed E-state index contributed by atoms with van der Waals surface area (Å²) in [6.07, 6.45) is 2.18. The predicted octanol–water partition coefficient (Wildman–Crippen LogP) is 0.233. The van der Waals surface area contributed by atoms with E-state index in [1.807, 2.05) is 0 Å². The van der Waals surface area contributed by atoms with Gasteiger partial charge in [0.05, 0.1) is 11.8 Å². The topological polar surface area (TPSA) is 66.4 Å². The average Bonchev–Trinajstić information content (AvgIpc) is 2.50. The minimum Gasteiger partial charge on any atom is -0.481 e. The van der Waals surface area contributed by atoms with Crippen LogP contribution >= 0.6 is 0 Å². The molecule has 1 rings (SSSR count). The molecular formula is C8H13NO3. The predicted molar refractivity (Wildman–Crippen MR) is 42.5 cm³/mol. The normalized spacial score (nSPS) is 28.4. The molecule has 0 saturated heterocycles. The van der Waals surface area contributed by atoms with E-state index in [4.69, 9.17) is 5.11 Å². The van der Waals surface area contributed by atoms with Crippen molar-refractivity contribution in [2.45, 2.75) is 19.3 Å². The van der Waals surface area contributed by atoms with E-state index in [0.29, 0.717) is 12.8 Å². The number of aliphatic carboxylic acids is 1. The number of carboxylic acids is 1. The van der Waals surface area contributed by atoms with Gasteiger partial charge < -0.3 is 10.4 Å². The van der Waals surface area contributed by atoms with E-state index in [2.05, 4.69) is 5.32 Å². The molecule has 0 aromatic rings. The van der Waals surface area contributed by atoms with Gasteiger partial charge >= 0.3 is 5.97 Å². The monoisotopic (exact) mass is 171 g/mol. The van der Waals surface area contributed by atoms with Gasteiger partial charge in [0.2, 0.25) is 5.91 Å². The molecule has 2 N–H and O–H groups in total. The molecule has 2 atom stereocenters. The van der Waals surface area contributed by atoms with E-state index < -0.39 is 11.9 Å². The zero-order chi connectivity index (χ0) is 9.14. The summed E-state index contributed by atoms with van der Waals surface area (Å²) in [6.45, 7) is 0. The van der Waals surface area contributed by atoms with Crippen molar-refractivity contribution in [2.24, 2.45) is 11.8 Å². The third-order valence-electron chi connectivity index (χ3n) is 2.42. The molecule has 0 aliphatic heterocycles. The van der Waals surface area contributed by atoms with E-state index in [9.17, 15) is 9.59 Å². The van der Waals surface area contributed by atoms with Crippen molar-refractivity contribution >= 4 is 11.9 Å². The molecule has 1 aliphatic rings. The Morgan fingerprint density at radius 1 is 1.33 bits per heavy atom. The highest BCUT2D eigenvalue weighted by Gasteiger charge is 2.36. The first-order valence-corrected chi connectivity index (χ1v) is 4.11. The number of hydrogen-bond donors (Lipinski definition) is 2. The van der Waals surface area contributed by atoms with Gasteiger partial charge in [0, 0.05) is 7.05 Å². The zero-order valence-electron chi connectivity index (χ0n) is 7.04. The number of nitrogens with one attached hydrogen (secondary N) is 1. The van der Waals surface area contributed by atoms with Crippen LogP contribution in [0.15, 0.2) is 0 Å². The van der Waals surface area contributed by atoms with E-state index in [1.165, 1.54) is 0 Å². The van der Waals surface area contributed by atoms with Gasteiger partial charge in [0.15, 0.2) is 0 Å². The van der Waals surface area contributed by atoms with Crippen LogP contribution in [0.25, 0.3) is 0 Å². The third-order valence-corrected chi connectivity index (χ3v) is 2.42. The summed E-state index contributed by atoms with van der Waals surface area (Å²) >= 11 is 0. The second kappa shape index (κ2) is 3.56. The van der Waals surface area contributed by atoms with E-state index in [1.54, 1.807) is 7.05 Å². The summed E-state index contributed by atoms with van der Waals surface area (Å²) in [5.41, 5.74) is 0. The first-order valence-electron chi connectivity index (χ1n) is 4.11. The average molecular weight is 171 g/mol. The van der Waals surface area contributed by atoms with Gasteiger partial charge in [-0.05, 0) is 12.8 Å². The Balaban J connectivity index is 2.63. The first-order chi connectivity index (χ1) is 5.66. The van der Waals surface area contributed by atoms with Gasteiger partial charge in [-0.25, -0.2) is 0 Å². The van der Waals surface area contributed by atoms with Crippen molar-refractivity contribution in [1.29, 1.82) is 0 Å². The number of amides is 1. The fourth-order valence-electron chi connectivity index (χ4n) is 1.75. The molecule has 2 unspecified atom stereocenters. The fourth-order valence-corrected chi connectivity index (χ4v) is 1.75. The van der Waals surface area contributed by atoms with Crippen LogP contribution in [0.4, 0.5) is 0 Å². The Labute approximate surface area is 71.0 Å². The van der Waals surface area contributed by atoms with Crippen molar-refractivity contribution in [3.63, 3.8) is 0 Å². The number of hydrogen-bond acceptors (Lipinski definition) is 2.